The van der Waals surface area contributed by atoms with Crippen LogP contribution in [-0.2, 0) is 6.54 Å². The lowest BCUT2D eigenvalue weighted by atomic mass is 10.2. The minimum absolute atomic E-state index is 0.0983. The van der Waals surface area contributed by atoms with Gasteiger partial charge in [-0.15, -0.1) is 0 Å². The molecule has 0 aliphatic heterocycles. The molecule has 4 aromatic rings. The van der Waals surface area contributed by atoms with Gasteiger partial charge in [-0.3, -0.25) is 9.88 Å². The maximum atomic E-state index is 6.01. The lowest BCUT2D eigenvalue weighted by Gasteiger charge is -2.24. The van der Waals surface area contributed by atoms with E-state index in [-0.39, 0.29) is 6.04 Å². The standard InChI is InChI=1S/C20H20N4O2/c1-3-24(14(2)18-11-15-7-4-5-9-17(15)25-18)13-19-22-20(23-26-19)16-8-6-10-21-12-16/h4-12,14H,3,13H2,1-2H3/t14-/m0/s1. The number of furan rings is 1. The number of hydrogen-bond acceptors (Lipinski definition) is 6. The topological polar surface area (TPSA) is 68.2 Å². The molecule has 3 heterocycles. The summed E-state index contributed by atoms with van der Waals surface area (Å²) in [5, 5.41) is 5.18. The van der Waals surface area contributed by atoms with Crippen LogP contribution in [-0.4, -0.2) is 26.6 Å². The van der Waals surface area contributed by atoms with Gasteiger partial charge in [0.15, 0.2) is 0 Å². The van der Waals surface area contributed by atoms with Crippen LogP contribution in [0.25, 0.3) is 22.4 Å². The van der Waals surface area contributed by atoms with Gasteiger partial charge < -0.3 is 8.94 Å². The summed E-state index contributed by atoms with van der Waals surface area (Å²) < 4.78 is 11.4. The first-order valence-corrected chi connectivity index (χ1v) is 8.70. The van der Waals surface area contributed by atoms with E-state index in [1.54, 1.807) is 12.4 Å². The number of para-hydroxylation sites is 1. The molecule has 0 radical (unpaired) electrons. The summed E-state index contributed by atoms with van der Waals surface area (Å²) in [7, 11) is 0. The number of pyridine rings is 1. The highest BCUT2D eigenvalue weighted by Crippen LogP contribution is 2.28. The second-order valence-electron chi connectivity index (χ2n) is 6.18. The molecular formula is C20H20N4O2. The summed E-state index contributed by atoms with van der Waals surface area (Å²) in [6.45, 7) is 5.63. The lowest BCUT2D eigenvalue weighted by Crippen LogP contribution is -2.26. The zero-order valence-corrected chi connectivity index (χ0v) is 14.8. The van der Waals surface area contributed by atoms with Crippen molar-refractivity contribution in [3.63, 3.8) is 0 Å². The van der Waals surface area contributed by atoms with Gasteiger partial charge in [-0.1, -0.05) is 30.3 Å². The third-order valence-corrected chi connectivity index (χ3v) is 4.54. The number of aromatic nitrogens is 3. The summed E-state index contributed by atoms with van der Waals surface area (Å²) in [5.41, 5.74) is 1.75. The van der Waals surface area contributed by atoms with Crippen LogP contribution in [0.2, 0.25) is 0 Å². The second kappa shape index (κ2) is 7.09. The maximum absolute atomic E-state index is 6.01. The highest BCUT2D eigenvalue weighted by Gasteiger charge is 2.21. The average molecular weight is 348 g/mol. The Morgan fingerprint density at radius 2 is 2.04 bits per heavy atom. The minimum Gasteiger partial charge on any atom is -0.459 e. The molecule has 0 aliphatic rings. The van der Waals surface area contributed by atoms with Gasteiger partial charge in [0.1, 0.15) is 11.3 Å². The van der Waals surface area contributed by atoms with Crippen molar-refractivity contribution in [2.75, 3.05) is 6.54 Å². The highest BCUT2D eigenvalue weighted by atomic mass is 16.5. The molecule has 132 valence electrons. The van der Waals surface area contributed by atoms with Crippen LogP contribution in [0.4, 0.5) is 0 Å². The van der Waals surface area contributed by atoms with E-state index in [0.717, 1.165) is 28.8 Å². The fraction of sp³-hybridized carbons (Fsp3) is 0.250. The summed E-state index contributed by atoms with van der Waals surface area (Å²) in [4.78, 5) is 10.8. The lowest BCUT2D eigenvalue weighted by molar-refractivity contribution is 0.168. The number of fused-ring (bicyclic) bond motifs is 1. The van der Waals surface area contributed by atoms with Crippen LogP contribution in [0, 0.1) is 0 Å². The first kappa shape index (κ1) is 16.5. The Balaban J connectivity index is 1.53. The molecule has 0 amide bonds. The molecule has 0 bridgehead atoms. The molecule has 0 spiro atoms. The van der Waals surface area contributed by atoms with Crippen molar-refractivity contribution in [3.05, 3.63) is 66.5 Å². The molecular weight excluding hydrogens is 328 g/mol. The molecule has 6 heteroatoms. The summed E-state index contributed by atoms with van der Waals surface area (Å²) in [6, 6.07) is 14.0. The summed E-state index contributed by atoms with van der Waals surface area (Å²) in [5.74, 6) is 2.06. The predicted molar refractivity (Wildman–Crippen MR) is 98.2 cm³/mol. The van der Waals surface area contributed by atoms with Gasteiger partial charge in [0.2, 0.25) is 11.7 Å². The largest absolute Gasteiger partial charge is 0.459 e. The van der Waals surface area contributed by atoms with E-state index in [1.807, 2.05) is 30.3 Å². The predicted octanol–water partition coefficient (Wildman–Crippen LogP) is 4.46. The van der Waals surface area contributed by atoms with E-state index in [4.69, 9.17) is 8.94 Å². The van der Waals surface area contributed by atoms with E-state index >= 15 is 0 Å². The van der Waals surface area contributed by atoms with Crippen molar-refractivity contribution in [2.45, 2.75) is 26.4 Å². The molecule has 0 unspecified atom stereocenters. The monoisotopic (exact) mass is 348 g/mol. The Labute approximate surface area is 151 Å². The van der Waals surface area contributed by atoms with Crippen LogP contribution >= 0.6 is 0 Å². The van der Waals surface area contributed by atoms with Crippen molar-refractivity contribution in [1.82, 2.24) is 20.0 Å². The first-order chi connectivity index (χ1) is 12.7. The number of nitrogens with zero attached hydrogens (tertiary/aromatic N) is 4. The van der Waals surface area contributed by atoms with Gasteiger partial charge >= 0.3 is 0 Å². The molecule has 1 atom stereocenters. The van der Waals surface area contributed by atoms with Crippen molar-refractivity contribution in [2.24, 2.45) is 0 Å². The summed E-state index contributed by atoms with van der Waals surface area (Å²) in [6.07, 6.45) is 3.45. The smallest absolute Gasteiger partial charge is 0.241 e. The molecule has 6 nitrogen and oxygen atoms in total. The average Bonchev–Trinajstić information content (AvgIpc) is 3.33. The van der Waals surface area contributed by atoms with E-state index in [9.17, 15) is 0 Å². The Bertz CT molecular complexity index is 960. The molecule has 1 aromatic carbocycles. The van der Waals surface area contributed by atoms with E-state index in [0.29, 0.717) is 18.3 Å². The molecule has 0 N–H and O–H groups in total. The first-order valence-electron chi connectivity index (χ1n) is 8.70. The quantitative estimate of drug-likeness (QED) is 0.512. The third kappa shape index (κ3) is 3.23. The molecule has 0 saturated heterocycles. The Kier molecular flexibility index (Phi) is 4.50. The van der Waals surface area contributed by atoms with Crippen molar-refractivity contribution in [3.8, 4) is 11.4 Å². The van der Waals surface area contributed by atoms with E-state index in [1.165, 1.54) is 0 Å². The number of rotatable bonds is 6. The number of benzene rings is 1. The normalized spacial score (nSPS) is 12.7. The van der Waals surface area contributed by atoms with E-state index in [2.05, 4.69) is 46.0 Å². The van der Waals surface area contributed by atoms with Gasteiger partial charge in [-0.25, -0.2) is 0 Å². The van der Waals surface area contributed by atoms with Crippen LogP contribution in [0.3, 0.4) is 0 Å². The number of hydrogen-bond donors (Lipinski definition) is 0. The SMILES string of the molecule is CCN(Cc1nc(-c2cccnc2)no1)[C@@H](C)c1cc2ccccc2o1. The van der Waals surface area contributed by atoms with Crippen molar-refractivity contribution in [1.29, 1.82) is 0 Å². The Morgan fingerprint density at radius 1 is 1.15 bits per heavy atom. The molecule has 0 saturated carbocycles. The fourth-order valence-corrected chi connectivity index (χ4v) is 3.02. The van der Waals surface area contributed by atoms with Crippen LogP contribution < -0.4 is 0 Å². The van der Waals surface area contributed by atoms with Gasteiger partial charge in [-0.05, 0) is 37.7 Å². The van der Waals surface area contributed by atoms with Crippen LogP contribution in [0.1, 0.15) is 31.5 Å². The molecule has 0 aliphatic carbocycles. The minimum atomic E-state index is 0.0983. The zero-order valence-electron chi connectivity index (χ0n) is 14.8. The van der Waals surface area contributed by atoms with Crippen LogP contribution in [0.15, 0.2) is 63.8 Å². The van der Waals surface area contributed by atoms with Crippen molar-refractivity contribution >= 4 is 11.0 Å². The molecule has 26 heavy (non-hydrogen) atoms. The second-order valence-corrected chi connectivity index (χ2v) is 6.18. The zero-order chi connectivity index (χ0) is 17.9. The van der Waals surface area contributed by atoms with Gasteiger partial charge in [0.25, 0.3) is 0 Å². The Morgan fingerprint density at radius 3 is 2.81 bits per heavy atom. The Hall–Kier alpha value is -2.99. The van der Waals surface area contributed by atoms with Gasteiger partial charge in [0, 0.05) is 23.3 Å². The van der Waals surface area contributed by atoms with Gasteiger partial charge in [-0.2, -0.15) is 4.98 Å². The highest BCUT2D eigenvalue weighted by molar-refractivity contribution is 5.77. The van der Waals surface area contributed by atoms with Crippen molar-refractivity contribution < 1.29 is 8.94 Å². The molecule has 0 fully saturated rings. The van der Waals surface area contributed by atoms with E-state index < -0.39 is 0 Å². The summed E-state index contributed by atoms with van der Waals surface area (Å²) >= 11 is 0. The molecule has 3 aromatic heterocycles. The third-order valence-electron chi connectivity index (χ3n) is 4.54. The fourth-order valence-electron chi connectivity index (χ4n) is 3.02. The van der Waals surface area contributed by atoms with Gasteiger partial charge in [0.05, 0.1) is 12.6 Å². The van der Waals surface area contributed by atoms with Crippen LogP contribution in [0.5, 0.6) is 0 Å². The maximum Gasteiger partial charge on any atom is 0.241 e. The molecule has 4 rings (SSSR count).